The highest BCUT2D eigenvalue weighted by molar-refractivity contribution is 5.89. The molecule has 2 rings (SSSR count). The molecule has 3 N–H and O–H groups in total. The predicted octanol–water partition coefficient (Wildman–Crippen LogP) is 2.62. The number of hydrogen-bond acceptors (Lipinski definition) is 2. The van der Waals surface area contributed by atoms with Gasteiger partial charge in [0, 0.05) is 11.7 Å². The van der Waals surface area contributed by atoms with Crippen LogP contribution in [0.1, 0.15) is 31.7 Å². The van der Waals surface area contributed by atoms with Crippen molar-refractivity contribution in [1.29, 1.82) is 0 Å². The SMILES string of the molecule is CCc1ccc(NC(=O)NC(CC(=O)O)C2CC2)cc1. The maximum atomic E-state index is 11.9. The summed E-state index contributed by atoms with van der Waals surface area (Å²) in [5, 5.41) is 14.3. The van der Waals surface area contributed by atoms with Gasteiger partial charge in [-0.1, -0.05) is 19.1 Å². The Morgan fingerprint density at radius 1 is 1.30 bits per heavy atom. The first-order chi connectivity index (χ1) is 9.58. The van der Waals surface area contributed by atoms with Crippen LogP contribution in [0.5, 0.6) is 0 Å². The van der Waals surface area contributed by atoms with E-state index in [9.17, 15) is 9.59 Å². The van der Waals surface area contributed by atoms with E-state index in [1.165, 1.54) is 5.56 Å². The number of carbonyl (C=O) groups is 2. The Morgan fingerprint density at radius 2 is 1.95 bits per heavy atom. The molecule has 0 radical (unpaired) electrons. The second-order valence-corrected chi connectivity index (χ2v) is 5.19. The fourth-order valence-electron chi connectivity index (χ4n) is 2.18. The van der Waals surface area contributed by atoms with E-state index >= 15 is 0 Å². The molecule has 5 nitrogen and oxygen atoms in total. The van der Waals surface area contributed by atoms with Crippen LogP contribution in [-0.2, 0) is 11.2 Å². The smallest absolute Gasteiger partial charge is 0.319 e. The lowest BCUT2D eigenvalue weighted by Crippen LogP contribution is -2.40. The summed E-state index contributed by atoms with van der Waals surface area (Å²) < 4.78 is 0. The third-order valence-electron chi connectivity index (χ3n) is 3.52. The van der Waals surface area contributed by atoms with Gasteiger partial charge in [-0.25, -0.2) is 4.79 Å². The van der Waals surface area contributed by atoms with E-state index < -0.39 is 5.97 Å². The average molecular weight is 276 g/mol. The van der Waals surface area contributed by atoms with Gasteiger partial charge in [0.2, 0.25) is 0 Å². The molecule has 2 amide bonds. The molecule has 5 heteroatoms. The molecule has 1 aliphatic carbocycles. The van der Waals surface area contributed by atoms with Gasteiger partial charge in [0.05, 0.1) is 6.42 Å². The number of urea groups is 1. The van der Waals surface area contributed by atoms with Gasteiger partial charge in [-0.05, 0) is 42.9 Å². The Kier molecular flexibility index (Phi) is 4.61. The summed E-state index contributed by atoms with van der Waals surface area (Å²) in [6.45, 7) is 2.07. The minimum Gasteiger partial charge on any atom is -0.481 e. The van der Waals surface area contributed by atoms with Gasteiger partial charge in [-0.2, -0.15) is 0 Å². The highest BCUT2D eigenvalue weighted by Crippen LogP contribution is 2.34. The summed E-state index contributed by atoms with van der Waals surface area (Å²) >= 11 is 0. The van der Waals surface area contributed by atoms with E-state index in [1.807, 2.05) is 24.3 Å². The topological polar surface area (TPSA) is 78.4 Å². The number of aliphatic carboxylic acids is 1. The molecule has 0 spiro atoms. The number of anilines is 1. The van der Waals surface area contributed by atoms with E-state index in [4.69, 9.17) is 5.11 Å². The lowest BCUT2D eigenvalue weighted by molar-refractivity contribution is -0.137. The van der Waals surface area contributed by atoms with Gasteiger partial charge in [-0.15, -0.1) is 0 Å². The summed E-state index contributed by atoms with van der Waals surface area (Å²) in [6.07, 6.45) is 2.91. The molecule has 20 heavy (non-hydrogen) atoms. The standard InChI is InChI=1S/C15H20N2O3/c1-2-10-3-7-12(8-4-10)16-15(20)17-13(9-14(18)19)11-5-6-11/h3-4,7-8,11,13H,2,5-6,9H2,1H3,(H,18,19)(H2,16,17,20). The lowest BCUT2D eigenvalue weighted by atomic mass is 10.1. The van der Waals surface area contributed by atoms with Crippen molar-refractivity contribution >= 4 is 17.7 Å². The number of hydrogen-bond donors (Lipinski definition) is 3. The fourth-order valence-corrected chi connectivity index (χ4v) is 2.18. The Balaban J connectivity index is 1.88. The number of nitrogens with one attached hydrogen (secondary N) is 2. The maximum absolute atomic E-state index is 11.9. The van der Waals surface area contributed by atoms with Crippen LogP contribution in [0.15, 0.2) is 24.3 Å². The summed E-state index contributed by atoms with van der Waals surface area (Å²) in [6, 6.07) is 7.01. The van der Waals surface area contributed by atoms with Crippen molar-refractivity contribution in [3.8, 4) is 0 Å². The number of amides is 2. The number of rotatable bonds is 6. The Morgan fingerprint density at radius 3 is 2.45 bits per heavy atom. The molecule has 1 saturated carbocycles. The van der Waals surface area contributed by atoms with Crippen LogP contribution in [0.25, 0.3) is 0 Å². The average Bonchev–Trinajstić information content (AvgIpc) is 3.22. The summed E-state index contributed by atoms with van der Waals surface area (Å²) in [4.78, 5) is 22.7. The quantitative estimate of drug-likeness (QED) is 0.747. The minimum absolute atomic E-state index is 0.0210. The van der Waals surface area contributed by atoms with Crippen molar-refractivity contribution in [1.82, 2.24) is 5.32 Å². The van der Waals surface area contributed by atoms with E-state index in [0.29, 0.717) is 11.6 Å². The highest BCUT2D eigenvalue weighted by Gasteiger charge is 2.33. The van der Waals surface area contributed by atoms with Crippen LogP contribution < -0.4 is 10.6 Å². The van der Waals surface area contributed by atoms with E-state index in [0.717, 1.165) is 19.3 Å². The third-order valence-corrected chi connectivity index (χ3v) is 3.52. The minimum atomic E-state index is -0.880. The molecule has 1 aromatic rings. The van der Waals surface area contributed by atoms with Gasteiger partial charge in [0.15, 0.2) is 0 Å². The Hall–Kier alpha value is -2.04. The zero-order chi connectivity index (χ0) is 14.5. The van der Waals surface area contributed by atoms with Crippen molar-refractivity contribution in [2.45, 2.75) is 38.6 Å². The van der Waals surface area contributed by atoms with Gasteiger partial charge >= 0.3 is 12.0 Å². The Labute approximate surface area is 118 Å². The van der Waals surface area contributed by atoms with Crippen molar-refractivity contribution in [3.63, 3.8) is 0 Å². The van der Waals surface area contributed by atoms with Crippen molar-refractivity contribution in [2.24, 2.45) is 5.92 Å². The first-order valence-corrected chi connectivity index (χ1v) is 6.96. The van der Waals surface area contributed by atoms with Gasteiger partial charge < -0.3 is 15.7 Å². The zero-order valence-electron chi connectivity index (χ0n) is 11.6. The summed E-state index contributed by atoms with van der Waals surface area (Å²) in [5.74, 6) is -0.575. The monoisotopic (exact) mass is 276 g/mol. The van der Waals surface area contributed by atoms with Gasteiger partial charge in [-0.3, -0.25) is 4.79 Å². The summed E-state index contributed by atoms with van der Waals surface area (Å²) in [7, 11) is 0. The molecular formula is C15H20N2O3. The highest BCUT2D eigenvalue weighted by atomic mass is 16.4. The van der Waals surface area contributed by atoms with Crippen LogP contribution in [0, 0.1) is 5.92 Å². The fraction of sp³-hybridized carbons (Fsp3) is 0.467. The van der Waals surface area contributed by atoms with Gasteiger partial charge in [0.25, 0.3) is 0 Å². The van der Waals surface area contributed by atoms with E-state index in [2.05, 4.69) is 17.6 Å². The molecule has 0 heterocycles. The molecule has 1 aromatic carbocycles. The van der Waals surface area contributed by atoms with Crippen LogP contribution in [0.2, 0.25) is 0 Å². The molecule has 0 saturated heterocycles. The lowest BCUT2D eigenvalue weighted by Gasteiger charge is -2.16. The number of benzene rings is 1. The molecule has 1 aliphatic rings. The molecule has 108 valence electrons. The molecule has 0 bridgehead atoms. The van der Waals surface area contributed by atoms with Crippen LogP contribution in [0.3, 0.4) is 0 Å². The molecule has 1 atom stereocenters. The Bertz CT molecular complexity index is 480. The number of carbonyl (C=O) groups excluding carboxylic acids is 1. The number of aryl methyl sites for hydroxylation is 1. The second kappa shape index (κ2) is 6.41. The number of carboxylic acids is 1. The predicted molar refractivity (Wildman–Crippen MR) is 76.7 cm³/mol. The molecular weight excluding hydrogens is 256 g/mol. The van der Waals surface area contributed by atoms with Crippen LogP contribution in [0.4, 0.5) is 10.5 Å². The van der Waals surface area contributed by atoms with Crippen molar-refractivity contribution in [2.75, 3.05) is 5.32 Å². The van der Waals surface area contributed by atoms with E-state index in [1.54, 1.807) is 0 Å². The van der Waals surface area contributed by atoms with E-state index in [-0.39, 0.29) is 18.5 Å². The molecule has 0 aliphatic heterocycles. The molecule has 1 fully saturated rings. The first kappa shape index (κ1) is 14.4. The normalized spacial score (nSPS) is 15.4. The van der Waals surface area contributed by atoms with Gasteiger partial charge in [0.1, 0.15) is 0 Å². The molecule has 1 unspecified atom stereocenters. The van der Waals surface area contributed by atoms with Crippen molar-refractivity contribution in [3.05, 3.63) is 29.8 Å². The zero-order valence-corrected chi connectivity index (χ0v) is 11.6. The second-order valence-electron chi connectivity index (χ2n) is 5.19. The largest absolute Gasteiger partial charge is 0.481 e. The first-order valence-electron chi connectivity index (χ1n) is 6.96. The third kappa shape index (κ3) is 4.26. The number of carboxylic acid groups (broad SMARTS) is 1. The summed E-state index contributed by atoms with van der Waals surface area (Å²) in [5.41, 5.74) is 1.92. The molecule has 0 aromatic heterocycles. The van der Waals surface area contributed by atoms with Crippen LogP contribution in [-0.4, -0.2) is 23.1 Å². The van der Waals surface area contributed by atoms with Crippen molar-refractivity contribution < 1.29 is 14.7 Å². The van der Waals surface area contributed by atoms with Crippen LogP contribution >= 0.6 is 0 Å². The maximum Gasteiger partial charge on any atom is 0.319 e.